The van der Waals surface area contributed by atoms with Crippen LogP contribution in [-0.4, -0.2) is 39.3 Å². The monoisotopic (exact) mass is 365 g/mol. The van der Waals surface area contributed by atoms with E-state index in [-0.39, 0.29) is 5.91 Å². The predicted octanol–water partition coefficient (Wildman–Crippen LogP) is 2.87. The normalized spacial score (nSPS) is 10.6. The maximum Gasteiger partial charge on any atom is 0.251 e. The van der Waals surface area contributed by atoms with Gasteiger partial charge in [0, 0.05) is 12.1 Å². The van der Waals surface area contributed by atoms with E-state index in [4.69, 9.17) is 4.74 Å². The lowest BCUT2D eigenvalue weighted by Crippen LogP contribution is -2.24. The molecule has 0 aliphatic rings. The Morgan fingerprint density at radius 2 is 1.93 bits per heavy atom. The van der Waals surface area contributed by atoms with Crippen molar-refractivity contribution in [1.29, 1.82) is 0 Å². The van der Waals surface area contributed by atoms with Crippen molar-refractivity contribution in [2.75, 3.05) is 13.2 Å². The lowest BCUT2D eigenvalue weighted by molar-refractivity contribution is 0.0952. The Morgan fingerprint density at radius 3 is 2.63 bits per heavy atom. The van der Waals surface area contributed by atoms with Gasteiger partial charge in [-0.15, -0.1) is 5.10 Å². The molecule has 0 spiro atoms. The Balaban J connectivity index is 1.40. The zero-order valence-corrected chi connectivity index (χ0v) is 15.6. The summed E-state index contributed by atoms with van der Waals surface area (Å²) in [5.41, 5.74) is 3.62. The summed E-state index contributed by atoms with van der Waals surface area (Å²) in [6.07, 6.45) is 3.27. The van der Waals surface area contributed by atoms with Gasteiger partial charge in [-0.25, -0.2) is 4.68 Å². The van der Waals surface area contributed by atoms with Gasteiger partial charge in [-0.1, -0.05) is 17.7 Å². The van der Waals surface area contributed by atoms with E-state index in [0.717, 1.165) is 29.8 Å². The van der Waals surface area contributed by atoms with E-state index in [2.05, 4.69) is 20.8 Å². The van der Waals surface area contributed by atoms with Crippen molar-refractivity contribution in [2.24, 2.45) is 0 Å². The standard InChI is InChI=1S/C20H23N5O2/c1-15-5-8-18(9-6-15)27-12-4-3-11-21-20(26)17-7-10-19(16(2)13-17)25-14-22-23-24-25/h5-10,13-14H,3-4,11-12H2,1-2H3,(H,21,26). The predicted molar refractivity (Wildman–Crippen MR) is 102 cm³/mol. The van der Waals surface area contributed by atoms with Crippen LogP contribution in [0, 0.1) is 13.8 Å². The maximum absolute atomic E-state index is 12.3. The zero-order valence-electron chi connectivity index (χ0n) is 15.6. The molecule has 7 nitrogen and oxygen atoms in total. The van der Waals surface area contributed by atoms with Crippen LogP contribution in [0.4, 0.5) is 0 Å². The summed E-state index contributed by atoms with van der Waals surface area (Å²) in [4.78, 5) is 12.3. The molecular weight excluding hydrogens is 342 g/mol. The molecule has 1 heterocycles. The van der Waals surface area contributed by atoms with Crippen molar-refractivity contribution in [3.05, 3.63) is 65.5 Å². The molecule has 1 amide bonds. The molecular formula is C20H23N5O2. The second kappa shape index (κ2) is 8.93. The molecule has 7 heteroatoms. The van der Waals surface area contributed by atoms with E-state index < -0.39 is 0 Å². The first-order valence-corrected chi connectivity index (χ1v) is 8.95. The maximum atomic E-state index is 12.3. The van der Waals surface area contributed by atoms with Crippen LogP contribution in [0.2, 0.25) is 0 Å². The summed E-state index contributed by atoms with van der Waals surface area (Å²) in [6, 6.07) is 13.5. The van der Waals surface area contributed by atoms with Gasteiger partial charge in [-0.2, -0.15) is 0 Å². The molecule has 0 unspecified atom stereocenters. The summed E-state index contributed by atoms with van der Waals surface area (Å²) in [5.74, 6) is 0.795. The van der Waals surface area contributed by atoms with Gasteiger partial charge in [0.25, 0.3) is 5.91 Å². The van der Waals surface area contributed by atoms with Crippen LogP contribution in [0.15, 0.2) is 48.8 Å². The summed E-state index contributed by atoms with van der Waals surface area (Å²) in [7, 11) is 0. The fourth-order valence-electron chi connectivity index (χ4n) is 2.68. The van der Waals surface area contributed by atoms with Crippen molar-refractivity contribution in [3.63, 3.8) is 0 Å². The number of unbranched alkanes of at least 4 members (excludes halogenated alkanes) is 1. The first-order chi connectivity index (χ1) is 13.1. The Bertz CT molecular complexity index is 876. The third-order valence-electron chi connectivity index (χ3n) is 4.20. The number of hydrogen-bond donors (Lipinski definition) is 1. The van der Waals surface area contributed by atoms with Crippen LogP contribution < -0.4 is 10.1 Å². The molecule has 3 rings (SSSR count). The van der Waals surface area contributed by atoms with Crippen molar-refractivity contribution in [2.45, 2.75) is 26.7 Å². The fraction of sp³-hybridized carbons (Fsp3) is 0.300. The molecule has 0 aliphatic carbocycles. The highest BCUT2D eigenvalue weighted by Crippen LogP contribution is 2.14. The molecule has 0 atom stereocenters. The minimum absolute atomic E-state index is 0.0826. The first kappa shape index (κ1) is 18.6. The van der Waals surface area contributed by atoms with Crippen LogP contribution in [0.1, 0.15) is 34.3 Å². The number of rotatable bonds is 8. The minimum atomic E-state index is -0.0826. The highest BCUT2D eigenvalue weighted by molar-refractivity contribution is 5.94. The van der Waals surface area contributed by atoms with E-state index in [0.29, 0.717) is 18.7 Å². The highest BCUT2D eigenvalue weighted by atomic mass is 16.5. The number of hydrogen-bond acceptors (Lipinski definition) is 5. The van der Waals surface area contributed by atoms with Crippen LogP contribution >= 0.6 is 0 Å². The number of amides is 1. The van der Waals surface area contributed by atoms with Crippen LogP contribution in [0.5, 0.6) is 5.75 Å². The third kappa shape index (κ3) is 5.13. The zero-order chi connectivity index (χ0) is 19.1. The first-order valence-electron chi connectivity index (χ1n) is 8.95. The van der Waals surface area contributed by atoms with Crippen LogP contribution in [0.3, 0.4) is 0 Å². The van der Waals surface area contributed by atoms with Gasteiger partial charge in [0.1, 0.15) is 12.1 Å². The SMILES string of the molecule is Cc1ccc(OCCCCNC(=O)c2ccc(-n3cnnn3)c(C)c2)cc1. The van der Waals surface area contributed by atoms with Crippen molar-refractivity contribution >= 4 is 5.91 Å². The van der Waals surface area contributed by atoms with Gasteiger partial charge in [-0.05, 0) is 73.0 Å². The second-order valence-electron chi connectivity index (χ2n) is 6.38. The van der Waals surface area contributed by atoms with E-state index in [9.17, 15) is 4.79 Å². The molecule has 0 saturated carbocycles. The van der Waals surface area contributed by atoms with E-state index >= 15 is 0 Å². The topological polar surface area (TPSA) is 81.9 Å². The lowest BCUT2D eigenvalue weighted by Gasteiger charge is -2.09. The molecule has 3 aromatic rings. The van der Waals surface area contributed by atoms with Crippen molar-refractivity contribution in [1.82, 2.24) is 25.5 Å². The average molecular weight is 365 g/mol. The molecule has 27 heavy (non-hydrogen) atoms. The summed E-state index contributed by atoms with van der Waals surface area (Å²) in [5, 5.41) is 14.1. The number of nitrogens with zero attached hydrogens (tertiary/aromatic N) is 4. The van der Waals surface area contributed by atoms with Gasteiger partial charge >= 0.3 is 0 Å². The Kier molecular flexibility index (Phi) is 6.14. The number of tetrazole rings is 1. The molecule has 1 aromatic heterocycles. The number of ether oxygens (including phenoxy) is 1. The second-order valence-corrected chi connectivity index (χ2v) is 6.38. The Labute approximate surface area is 158 Å². The van der Waals surface area contributed by atoms with Crippen molar-refractivity contribution in [3.8, 4) is 11.4 Å². The number of benzene rings is 2. The smallest absolute Gasteiger partial charge is 0.251 e. The molecule has 0 saturated heterocycles. The number of carbonyl (C=O) groups is 1. The van der Waals surface area contributed by atoms with Gasteiger partial charge in [0.15, 0.2) is 0 Å². The van der Waals surface area contributed by atoms with Gasteiger partial charge in [0.2, 0.25) is 0 Å². The summed E-state index contributed by atoms with van der Waals surface area (Å²) < 4.78 is 7.26. The number of carbonyl (C=O) groups excluding carboxylic acids is 1. The molecule has 1 N–H and O–H groups in total. The molecule has 0 aliphatic heterocycles. The Hall–Kier alpha value is -3.22. The molecule has 0 bridgehead atoms. The quantitative estimate of drug-likeness (QED) is 0.621. The average Bonchev–Trinajstić information content (AvgIpc) is 3.20. The largest absolute Gasteiger partial charge is 0.494 e. The van der Waals surface area contributed by atoms with Crippen LogP contribution in [0.25, 0.3) is 5.69 Å². The molecule has 140 valence electrons. The van der Waals surface area contributed by atoms with Gasteiger partial charge < -0.3 is 10.1 Å². The van der Waals surface area contributed by atoms with Crippen LogP contribution in [-0.2, 0) is 0 Å². The third-order valence-corrected chi connectivity index (χ3v) is 4.20. The fourth-order valence-corrected chi connectivity index (χ4v) is 2.68. The van der Waals surface area contributed by atoms with E-state index in [1.807, 2.05) is 50.2 Å². The number of aryl methyl sites for hydroxylation is 2. The number of nitrogens with one attached hydrogen (secondary N) is 1. The minimum Gasteiger partial charge on any atom is -0.494 e. The molecule has 2 aromatic carbocycles. The van der Waals surface area contributed by atoms with E-state index in [1.165, 1.54) is 11.9 Å². The molecule has 0 radical (unpaired) electrons. The van der Waals surface area contributed by atoms with E-state index in [1.54, 1.807) is 10.7 Å². The summed E-state index contributed by atoms with van der Waals surface area (Å²) in [6.45, 7) is 5.23. The number of aromatic nitrogens is 4. The van der Waals surface area contributed by atoms with Gasteiger partial charge in [-0.3, -0.25) is 4.79 Å². The lowest BCUT2D eigenvalue weighted by atomic mass is 10.1. The molecule has 0 fully saturated rings. The summed E-state index contributed by atoms with van der Waals surface area (Å²) >= 11 is 0. The highest BCUT2D eigenvalue weighted by Gasteiger charge is 2.09. The Morgan fingerprint density at radius 1 is 1.11 bits per heavy atom. The van der Waals surface area contributed by atoms with Crippen molar-refractivity contribution < 1.29 is 9.53 Å². The van der Waals surface area contributed by atoms with Gasteiger partial charge in [0.05, 0.1) is 12.3 Å².